The van der Waals surface area contributed by atoms with Crippen molar-refractivity contribution in [1.29, 1.82) is 0 Å². The molecular formula is C28H24O4. The molecule has 160 valence electrons. The summed E-state index contributed by atoms with van der Waals surface area (Å²) in [7, 11) is 1.64. The third-order valence-corrected chi connectivity index (χ3v) is 4.87. The second-order valence-electron chi connectivity index (χ2n) is 7.15. The molecule has 0 bridgehead atoms. The van der Waals surface area contributed by atoms with Crippen LogP contribution < -0.4 is 14.2 Å². The SMILES string of the molecule is COc1ccc(Oc2ccc(/C=C/c3ccc(Oc4ccc(CO)cc4)cc3)cc2)cc1. The zero-order valence-electron chi connectivity index (χ0n) is 17.8. The van der Waals surface area contributed by atoms with Crippen molar-refractivity contribution >= 4 is 12.2 Å². The van der Waals surface area contributed by atoms with Crippen molar-refractivity contribution in [1.82, 2.24) is 0 Å². The molecule has 4 aromatic carbocycles. The summed E-state index contributed by atoms with van der Waals surface area (Å²) in [5.74, 6) is 3.84. The van der Waals surface area contributed by atoms with Crippen LogP contribution >= 0.6 is 0 Å². The predicted octanol–water partition coefficient (Wildman–Crippen LogP) is 6.94. The Hall–Kier alpha value is -4.02. The maximum atomic E-state index is 9.11. The van der Waals surface area contributed by atoms with E-state index < -0.39 is 0 Å². The lowest BCUT2D eigenvalue weighted by molar-refractivity contribution is 0.281. The van der Waals surface area contributed by atoms with Crippen molar-refractivity contribution in [3.8, 4) is 28.7 Å². The first kappa shape index (κ1) is 21.2. The maximum absolute atomic E-state index is 9.11. The molecule has 0 saturated carbocycles. The maximum Gasteiger partial charge on any atom is 0.127 e. The van der Waals surface area contributed by atoms with Gasteiger partial charge in [0.15, 0.2) is 0 Å². The van der Waals surface area contributed by atoms with Crippen LogP contribution in [0.3, 0.4) is 0 Å². The first-order chi connectivity index (χ1) is 15.7. The summed E-state index contributed by atoms with van der Waals surface area (Å²) < 4.78 is 16.9. The van der Waals surface area contributed by atoms with Crippen LogP contribution in [0.15, 0.2) is 97.1 Å². The van der Waals surface area contributed by atoms with Gasteiger partial charge in [0.1, 0.15) is 28.7 Å². The van der Waals surface area contributed by atoms with Crippen LogP contribution in [-0.4, -0.2) is 12.2 Å². The van der Waals surface area contributed by atoms with Gasteiger partial charge in [-0.2, -0.15) is 0 Å². The number of benzene rings is 4. The summed E-state index contributed by atoms with van der Waals surface area (Å²) >= 11 is 0. The van der Waals surface area contributed by atoms with Gasteiger partial charge in [0.25, 0.3) is 0 Å². The lowest BCUT2D eigenvalue weighted by Crippen LogP contribution is -1.86. The van der Waals surface area contributed by atoms with Crippen molar-refractivity contribution in [3.05, 3.63) is 114 Å². The highest BCUT2D eigenvalue weighted by atomic mass is 16.5. The van der Waals surface area contributed by atoms with E-state index in [1.807, 2.05) is 97.1 Å². The highest BCUT2D eigenvalue weighted by Gasteiger charge is 2.00. The monoisotopic (exact) mass is 424 g/mol. The Balaban J connectivity index is 1.34. The van der Waals surface area contributed by atoms with Crippen LogP contribution in [0.1, 0.15) is 16.7 Å². The van der Waals surface area contributed by atoms with E-state index in [0.29, 0.717) is 0 Å². The van der Waals surface area contributed by atoms with Gasteiger partial charge in [-0.05, 0) is 77.4 Å². The van der Waals surface area contributed by atoms with Gasteiger partial charge in [-0.3, -0.25) is 0 Å². The molecule has 0 aromatic heterocycles. The summed E-state index contributed by atoms with van der Waals surface area (Å²) in [6, 6.07) is 30.7. The number of ether oxygens (including phenoxy) is 3. The van der Waals surface area contributed by atoms with Crippen LogP contribution in [0.2, 0.25) is 0 Å². The van der Waals surface area contributed by atoms with Gasteiger partial charge in [-0.25, -0.2) is 0 Å². The van der Waals surface area contributed by atoms with E-state index in [1.165, 1.54) is 0 Å². The van der Waals surface area contributed by atoms with Crippen molar-refractivity contribution in [2.45, 2.75) is 6.61 Å². The van der Waals surface area contributed by atoms with Crippen LogP contribution in [0.4, 0.5) is 0 Å². The summed E-state index contributed by atoms with van der Waals surface area (Å²) in [6.07, 6.45) is 4.11. The topological polar surface area (TPSA) is 47.9 Å². The molecule has 0 aliphatic heterocycles. The second kappa shape index (κ2) is 10.3. The highest BCUT2D eigenvalue weighted by Crippen LogP contribution is 2.25. The molecule has 0 aliphatic carbocycles. The Labute approximate surface area is 188 Å². The minimum atomic E-state index is 0.0275. The zero-order chi connectivity index (χ0) is 22.2. The molecule has 4 aromatic rings. The van der Waals surface area contributed by atoms with Gasteiger partial charge in [-0.1, -0.05) is 48.6 Å². The van der Waals surface area contributed by atoms with Crippen LogP contribution in [0, 0.1) is 0 Å². The van der Waals surface area contributed by atoms with E-state index in [4.69, 9.17) is 19.3 Å². The van der Waals surface area contributed by atoms with Crippen LogP contribution in [0.25, 0.3) is 12.2 Å². The average Bonchev–Trinajstić information content (AvgIpc) is 2.85. The number of aliphatic hydroxyl groups excluding tert-OH is 1. The largest absolute Gasteiger partial charge is 0.497 e. The summed E-state index contributed by atoms with van der Waals surface area (Å²) in [5.41, 5.74) is 3.01. The van der Waals surface area contributed by atoms with Gasteiger partial charge >= 0.3 is 0 Å². The van der Waals surface area contributed by atoms with E-state index in [2.05, 4.69) is 12.2 Å². The standard InChI is InChI=1S/C28H24O4/c1-30-24-16-18-28(19-17-24)32-26-12-6-22(7-13-26)3-2-21-4-10-25(11-5-21)31-27-14-8-23(20-29)9-15-27/h2-19,29H,20H2,1H3/b3-2+. The van der Waals surface area contributed by atoms with Gasteiger partial charge in [-0.15, -0.1) is 0 Å². The van der Waals surface area contributed by atoms with Gasteiger partial charge < -0.3 is 19.3 Å². The van der Waals surface area contributed by atoms with Crippen LogP contribution in [0.5, 0.6) is 28.7 Å². The van der Waals surface area contributed by atoms with Gasteiger partial charge in [0.05, 0.1) is 13.7 Å². The minimum Gasteiger partial charge on any atom is -0.497 e. The Morgan fingerprint density at radius 3 is 1.25 bits per heavy atom. The molecule has 0 radical (unpaired) electrons. The van der Waals surface area contributed by atoms with Crippen molar-refractivity contribution < 1.29 is 19.3 Å². The molecule has 1 N–H and O–H groups in total. The molecule has 0 fully saturated rings. The zero-order valence-corrected chi connectivity index (χ0v) is 17.8. The van der Waals surface area contributed by atoms with Crippen molar-refractivity contribution in [2.75, 3.05) is 7.11 Å². The Bertz CT molecular complexity index is 1050. The lowest BCUT2D eigenvalue weighted by Gasteiger charge is -2.07. The van der Waals surface area contributed by atoms with E-state index in [1.54, 1.807) is 7.11 Å². The fourth-order valence-electron chi connectivity index (χ4n) is 3.07. The summed E-state index contributed by atoms with van der Waals surface area (Å²) in [6.45, 7) is 0.0275. The second-order valence-corrected chi connectivity index (χ2v) is 7.15. The Morgan fingerprint density at radius 1 is 0.531 bits per heavy atom. The molecule has 4 heteroatoms. The highest BCUT2D eigenvalue weighted by molar-refractivity contribution is 5.70. The lowest BCUT2D eigenvalue weighted by atomic mass is 10.1. The molecule has 0 atom stereocenters. The van der Waals surface area contributed by atoms with E-state index in [-0.39, 0.29) is 6.61 Å². The predicted molar refractivity (Wildman–Crippen MR) is 127 cm³/mol. The molecule has 0 amide bonds. The summed E-state index contributed by atoms with van der Waals surface area (Å²) in [5, 5.41) is 9.11. The minimum absolute atomic E-state index is 0.0275. The molecular weight excluding hydrogens is 400 g/mol. The van der Waals surface area contributed by atoms with E-state index in [0.717, 1.165) is 45.4 Å². The quantitative estimate of drug-likeness (QED) is 0.311. The molecule has 0 unspecified atom stereocenters. The third-order valence-electron chi connectivity index (χ3n) is 4.87. The molecule has 0 heterocycles. The number of aliphatic hydroxyl groups is 1. The van der Waals surface area contributed by atoms with Crippen molar-refractivity contribution in [2.24, 2.45) is 0 Å². The number of methoxy groups -OCH3 is 1. The van der Waals surface area contributed by atoms with Gasteiger partial charge in [0.2, 0.25) is 0 Å². The molecule has 32 heavy (non-hydrogen) atoms. The fourth-order valence-corrected chi connectivity index (χ4v) is 3.07. The normalized spacial score (nSPS) is 10.8. The fraction of sp³-hybridized carbons (Fsp3) is 0.0714. The van der Waals surface area contributed by atoms with Crippen molar-refractivity contribution in [3.63, 3.8) is 0 Å². The first-order valence-corrected chi connectivity index (χ1v) is 10.3. The van der Waals surface area contributed by atoms with E-state index in [9.17, 15) is 0 Å². The van der Waals surface area contributed by atoms with E-state index >= 15 is 0 Å². The first-order valence-electron chi connectivity index (χ1n) is 10.3. The molecule has 4 rings (SSSR count). The Kier molecular flexibility index (Phi) is 6.85. The smallest absolute Gasteiger partial charge is 0.127 e. The number of hydrogen-bond donors (Lipinski definition) is 1. The molecule has 0 aliphatic rings. The van der Waals surface area contributed by atoms with Crippen LogP contribution in [-0.2, 0) is 6.61 Å². The summed E-state index contributed by atoms with van der Waals surface area (Å²) in [4.78, 5) is 0. The molecule has 0 saturated heterocycles. The average molecular weight is 424 g/mol. The molecule has 4 nitrogen and oxygen atoms in total. The third kappa shape index (κ3) is 5.78. The molecule has 0 spiro atoms. The Morgan fingerprint density at radius 2 is 0.875 bits per heavy atom. The van der Waals surface area contributed by atoms with Gasteiger partial charge in [0, 0.05) is 0 Å². The number of hydrogen-bond acceptors (Lipinski definition) is 4. The number of rotatable bonds is 8.